The molecule has 0 spiro atoms. The fraction of sp³-hybridized carbons (Fsp3) is 0.283. The van der Waals surface area contributed by atoms with Gasteiger partial charge in [0.25, 0.3) is 0 Å². The summed E-state index contributed by atoms with van der Waals surface area (Å²) in [6.45, 7) is 5.69. The monoisotopic (exact) mass is 772 g/mol. The van der Waals surface area contributed by atoms with Crippen molar-refractivity contribution in [1.82, 2.24) is 10.2 Å². The van der Waals surface area contributed by atoms with Gasteiger partial charge < -0.3 is 25.0 Å². The van der Waals surface area contributed by atoms with Crippen LogP contribution in [0.2, 0.25) is 0 Å². The number of hydrogen-bond donors (Lipinski definition) is 3. The van der Waals surface area contributed by atoms with E-state index in [1.54, 1.807) is 44.7 Å². The lowest BCUT2D eigenvalue weighted by atomic mass is 9.84. The number of alkyl carbamates (subject to hydrolysis) is 1. The molecule has 5 aromatic rings. The zero-order valence-corrected chi connectivity index (χ0v) is 32.7. The zero-order valence-electron chi connectivity index (χ0n) is 31.8. The highest BCUT2D eigenvalue weighted by Gasteiger charge is 2.41. The van der Waals surface area contributed by atoms with Crippen LogP contribution in [0.1, 0.15) is 71.4 Å². The van der Waals surface area contributed by atoms with Crippen molar-refractivity contribution in [2.45, 2.75) is 62.1 Å². The minimum absolute atomic E-state index is 0.0134. The van der Waals surface area contributed by atoms with Crippen LogP contribution in [0.25, 0.3) is 0 Å². The highest BCUT2D eigenvalue weighted by atomic mass is 32.2. The molecular formula is C46H48N2O7S. The molecule has 3 atom stereocenters. The van der Waals surface area contributed by atoms with Crippen LogP contribution < -0.4 is 10.1 Å². The first-order valence-electron chi connectivity index (χ1n) is 18.8. The molecule has 290 valence electrons. The number of nitrogens with zero attached hydrogens (tertiary/aromatic N) is 1. The van der Waals surface area contributed by atoms with Crippen molar-refractivity contribution < 1.29 is 34.1 Å². The molecule has 10 heteroatoms. The predicted molar refractivity (Wildman–Crippen MR) is 219 cm³/mol. The first-order chi connectivity index (χ1) is 27.0. The minimum Gasteiger partial charge on any atom is -0.492 e. The highest BCUT2D eigenvalue weighted by molar-refractivity contribution is 8.00. The number of fused-ring (bicyclic) bond motifs is 1. The molecule has 0 aliphatic carbocycles. The maximum absolute atomic E-state index is 13.7. The Balaban J connectivity index is 1.47. The van der Waals surface area contributed by atoms with Gasteiger partial charge in [0.1, 0.15) is 23.0 Å². The smallest absolute Gasteiger partial charge is 0.407 e. The van der Waals surface area contributed by atoms with E-state index in [0.29, 0.717) is 17.7 Å². The van der Waals surface area contributed by atoms with Gasteiger partial charge in [-0.05, 0) is 55.5 Å². The number of hydrogen-bond acceptors (Lipinski definition) is 7. The molecule has 1 aliphatic heterocycles. The molecule has 0 aromatic heterocycles. The Morgan fingerprint density at radius 1 is 0.786 bits per heavy atom. The van der Waals surface area contributed by atoms with Crippen LogP contribution in [0.5, 0.6) is 5.75 Å². The molecule has 1 amide bonds. The number of aromatic carboxylic acids is 1. The van der Waals surface area contributed by atoms with E-state index in [2.05, 4.69) is 41.7 Å². The molecule has 6 rings (SSSR count). The number of nitrogens with one attached hydrogen (secondary N) is 1. The summed E-state index contributed by atoms with van der Waals surface area (Å²) in [6.07, 6.45) is -0.0399. The first-order valence-corrected chi connectivity index (χ1v) is 19.8. The number of thioether (sulfide) groups is 1. The summed E-state index contributed by atoms with van der Waals surface area (Å²) in [4.78, 5) is 41.4. The molecule has 0 saturated heterocycles. The number of benzene rings is 5. The van der Waals surface area contributed by atoms with E-state index in [1.807, 2.05) is 89.8 Å². The topological polar surface area (TPSA) is 125 Å². The van der Waals surface area contributed by atoms with Gasteiger partial charge in [0.15, 0.2) is 0 Å². The lowest BCUT2D eigenvalue weighted by Crippen LogP contribution is -2.54. The third-order valence-corrected chi connectivity index (χ3v) is 11.5. The van der Waals surface area contributed by atoms with Crippen molar-refractivity contribution in [2.75, 3.05) is 18.9 Å². The van der Waals surface area contributed by atoms with Gasteiger partial charge in [-0.1, -0.05) is 133 Å². The average molecular weight is 773 g/mol. The van der Waals surface area contributed by atoms with Crippen LogP contribution in [0.15, 0.2) is 140 Å². The number of para-hydroxylation sites is 1. The van der Waals surface area contributed by atoms with Gasteiger partial charge in [0.05, 0.1) is 17.4 Å². The van der Waals surface area contributed by atoms with Crippen molar-refractivity contribution in [3.05, 3.63) is 173 Å². The number of amides is 1. The maximum Gasteiger partial charge on any atom is 0.407 e. The second kappa shape index (κ2) is 17.9. The van der Waals surface area contributed by atoms with Crippen LogP contribution in [0.4, 0.5) is 4.79 Å². The number of aliphatic carboxylic acids is 1. The number of carbonyl (C=O) groups is 3. The van der Waals surface area contributed by atoms with Crippen molar-refractivity contribution >= 4 is 29.8 Å². The molecule has 1 aliphatic rings. The van der Waals surface area contributed by atoms with Gasteiger partial charge in [0, 0.05) is 30.3 Å². The Kier molecular flexibility index (Phi) is 12.8. The summed E-state index contributed by atoms with van der Waals surface area (Å²) < 4.78 is 11.1. The lowest BCUT2D eigenvalue weighted by molar-refractivity contribution is -0.144. The molecular weight excluding hydrogens is 725 g/mol. The van der Waals surface area contributed by atoms with Crippen LogP contribution in [-0.2, 0) is 20.7 Å². The average Bonchev–Trinajstić information content (AvgIpc) is 3.19. The summed E-state index contributed by atoms with van der Waals surface area (Å²) in [7, 11) is 0. The second-order valence-corrected chi connectivity index (χ2v) is 16.1. The van der Waals surface area contributed by atoms with Gasteiger partial charge in [-0.15, -0.1) is 11.8 Å². The van der Waals surface area contributed by atoms with Crippen molar-refractivity contribution in [3.8, 4) is 5.75 Å². The molecule has 1 heterocycles. The van der Waals surface area contributed by atoms with Crippen LogP contribution in [-0.4, -0.2) is 69.7 Å². The van der Waals surface area contributed by atoms with Gasteiger partial charge in [-0.2, -0.15) is 0 Å². The van der Waals surface area contributed by atoms with Crippen LogP contribution in [0, 0.1) is 0 Å². The summed E-state index contributed by atoms with van der Waals surface area (Å²) >= 11 is 1.65. The molecule has 9 nitrogen and oxygen atoms in total. The maximum atomic E-state index is 13.7. The van der Waals surface area contributed by atoms with E-state index in [4.69, 9.17) is 9.47 Å². The van der Waals surface area contributed by atoms with Crippen LogP contribution >= 0.6 is 11.8 Å². The fourth-order valence-corrected chi connectivity index (χ4v) is 8.99. The Hall–Kier alpha value is -5.58. The number of ether oxygens (including phenoxy) is 2. The van der Waals surface area contributed by atoms with Gasteiger partial charge in [-0.3, -0.25) is 9.69 Å². The first kappa shape index (κ1) is 40.1. The van der Waals surface area contributed by atoms with Crippen molar-refractivity contribution in [3.63, 3.8) is 0 Å². The molecule has 0 saturated carbocycles. The Labute approximate surface area is 332 Å². The van der Waals surface area contributed by atoms with E-state index >= 15 is 0 Å². The minimum atomic E-state index is -1.13. The summed E-state index contributed by atoms with van der Waals surface area (Å²) in [5.74, 6) is -1.59. The molecule has 0 fully saturated rings. The Morgan fingerprint density at radius 2 is 1.32 bits per heavy atom. The molecule has 5 aromatic carbocycles. The summed E-state index contributed by atoms with van der Waals surface area (Å²) in [5.41, 5.74) is 3.78. The molecule has 0 bridgehead atoms. The Morgan fingerprint density at radius 3 is 1.82 bits per heavy atom. The normalized spacial score (nSPS) is 15.2. The molecule has 0 radical (unpaired) electrons. The van der Waals surface area contributed by atoms with Crippen molar-refractivity contribution in [2.24, 2.45) is 0 Å². The standard InChI is InChI=1S/C46H48N2O7S/c1-45(2,3)55-44(53)47-36(31-56-46(33-19-10-5-11-20-33,34-21-12-6-13-22-34)35-23-14-7-15-24-35)30-48(40(43(51)52)29-32-17-8-4-9-18-32)39-27-28-54-41-37(39)25-16-26-38(41)42(49)50/h4-26,36,39-40H,27-31H2,1-3H3,(H,47,53)(H,49,50)(H,51,52)/t36-,39?,40+/m1/s1. The second-order valence-electron chi connectivity index (χ2n) is 14.9. The lowest BCUT2D eigenvalue weighted by Gasteiger charge is -2.42. The van der Waals surface area contributed by atoms with Crippen molar-refractivity contribution in [1.29, 1.82) is 0 Å². The number of carbonyl (C=O) groups excluding carboxylic acids is 1. The molecule has 3 N–H and O–H groups in total. The van der Waals surface area contributed by atoms with E-state index in [-0.39, 0.29) is 30.9 Å². The van der Waals surface area contributed by atoms with Gasteiger partial charge >= 0.3 is 18.0 Å². The number of rotatable bonds is 15. The van der Waals surface area contributed by atoms with E-state index in [9.17, 15) is 24.6 Å². The third kappa shape index (κ3) is 9.44. The zero-order chi connectivity index (χ0) is 39.7. The van der Waals surface area contributed by atoms with E-state index < -0.39 is 46.5 Å². The molecule has 56 heavy (non-hydrogen) atoms. The number of carboxylic acids is 2. The largest absolute Gasteiger partial charge is 0.492 e. The quantitative estimate of drug-likeness (QED) is 0.0896. The van der Waals surface area contributed by atoms with Crippen LogP contribution in [0.3, 0.4) is 0 Å². The van der Waals surface area contributed by atoms with Gasteiger partial charge in [0.2, 0.25) is 0 Å². The van der Waals surface area contributed by atoms with E-state index in [0.717, 1.165) is 22.3 Å². The summed E-state index contributed by atoms with van der Waals surface area (Å²) in [6, 6.07) is 42.9. The molecule has 1 unspecified atom stereocenters. The Bertz CT molecular complexity index is 1980. The highest BCUT2D eigenvalue weighted by Crippen LogP contribution is 2.49. The SMILES string of the molecule is CC(C)(C)OC(=O)N[C@@H](CSC(c1ccccc1)(c1ccccc1)c1ccccc1)CN(C1CCOc2c(C(=O)O)cccc21)[C@@H](Cc1ccccc1)C(=O)O. The number of carboxylic acid groups (broad SMARTS) is 2. The van der Waals surface area contributed by atoms with Gasteiger partial charge in [-0.25, -0.2) is 9.59 Å². The van der Waals surface area contributed by atoms with E-state index in [1.165, 1.54) is 6.07 Å². The predicted octanol–water partition coefficient (Wildman–Crippen LogP) is 8.82. The summed E-state index contributed by atoms with van der Waals surface area (Å²) in [5, 5.41) is 24.2. The third-order valence-electron chi connectivity index (χ3n) is 9.82. The fourth-order valence-electron chi connectivity index (χ4n) is 7.44.